The normalized spacial score (nSPS) is 11.1. The van der Waals surface area contributed by atoms with Gasteiger partial charge in [-0.15, -0.1) is 0 Å². The van der Waals surface area contributed by atoms with Crippen LogP contribution < -0.4 is 21.9 Å². The minimum atomic E-state index is -0.795. The van der Waals surface area contributed by atoms with Gasteiger partial charge in [-0.25, -0.2) is 9.18 Å². The molecular weight excluding hydrogens is 403 g/mol. The van der Waals surface area contributed by atoms with Crippen LogP contribution in [0, 0.1) is 11.7 Å². The molecule has 0 spiro atoms. The predicted octanol–water partition coefficient (Wildman–Crippen LogP) is 2.25. The Hall–Kier alpha value is -2.65. The molecule has 0 saturated carbocycles. The van der Waals surface area contributed by atoms with E-state index in [0.29, 0.717) is 13.0 Å². The highest BCUT2D eigenvalue weighted by atomic mass is 35.5. The summed E-state index contributed by atoms with van der Waals surface area (Å²) >= 11 is 6.04. The van der Waals surface area contributed by atoms with E-state index < -0.39 is 23.0 Å². The van der Waals surface area contributed by atoms with E-state index in [1.807, 2.05) is 13.8 Å². The van der Waals surface area contributed by atoms with E-state index in [4.69, 9.17) is 22.1 Å². The van der Waals surface area contributed by atoms with Crippen molar-refractivity contribution in [3.05, 3.63) is 55.4 Å². The highest BCUT2D eigenvalue weighted by Crippen LogP contribution is 2.24. The lowest BCUT2D eigenvalue weighted by atomic mass is 10.1. The second kappa shape index (κ2) is 9.71. The van der Waals surface area contributed by atoms with Crippen molar-refractivity contribution < 1.29 is 13.9 Å². The second-order valence-corrected chi connectivity index (χ2v) is 7.33. The van der Waals surface area contributed by atoms with Crippen molar-refractivity contribution in [3.63, 3.8) is 0 Å². The third-order valence-corrected chi connectivity index (χ3v) is 4.48. The van der Waals surface area contributed by atoms with Gasteiger partial charge in [0, 0.05) is 26.8 Å². The maximum Gasteiger partial charge on any atom is 0.330 e. The molecule has 0 unspecified atom stereocenters. The Labute approximate surface area is 172 Å². The molecule has 1 aromatic carbocycles. The lowest BCUT2D eigenvalue weighted by Gasteiger charge is -2.25. The van der Waals surface area contributed by atoms with Crippen molar-refractivity contribution in [2.45, 2.75) is 26.8 Å². The van der Waals surface area contributed by atoms with E-state index in [9.17, 15) is 18.8 Å². The molecule has 0 atom stereocenters. The molecule has 158 valence electrons. The molecule has 1 aromatic heterocycles. The number of hydrogen-bond donors (Lipinski definition) is 2. The largest absolute Gasteiger partial charge is 0.385 e. The zero-order chi connectivity index (χ0) is 21.7. The number of methoxy groups -OCH3 is 1. The molecule has 3 N–H and O–H groups in total. The number of carbonyl (C=O) groups is 1. The fraction of sp³-hybridized carbons (Fsp3) is 0.421. The number of aromatic nitrogens is 2. The first-order chi connectivity index (χ1) is 13.7. The van der Waals surface area contributed by atoms with Gasteiger partial charge in [0.15, 0.2) is 5.69 Å². The van der Waals surface area contributed by atoms with Crippen LogP contribution in [0.1, 0.15) is 30.6 Å². The number of amides is 1. The predicted molar refractivity (Wildman–Crippen MR) is 110 cm³/mol. The summed E-state index contributed by atoms with van der Waals surface area (Å²) in [6, 6.07) is 3.34. The lowest BCUT2D eigenvalue weighted by molar-refractivity contribution is 0.0983. The van der Waals surface area contributed by atoms with Crippen LogP contribution in [-0.2, 0) is 11.3 Å². The zero-order valence-corrected chi connectivity index (χ0v) is 17.3. The van der Waals surface area contributed by atoms with Crippen LogP contribution in [0.4, 0.5) is 15.9 Å². The lowest BCUT2D eigenvalue weighted by Crippen LogP contribution is -2.42. The molecule has 2 rings (SSSR count). The first-order valence-corrected chi connectivity index (χ1v) is 9.43. The monoisotopic (exact) mass is 426 g/mol. The van der Waals surface area contributed by atoms with E-state index in [-0.39, 0.29) is 41.1 Å². The Morgan fingerprint density at radius 2 is 2.07 bits per heavy atom. The molecule has 0 aliphatic carbocycles. The molecule has 8 nitrogen and oxygen atoms in total. The molecule has 10 heteroatoms. The highest BCUT2D eigenvalue weighted by molar-refractivity contribution is 6.34. The van der Waals surface area contributed by atoms with Gasteiger partial charge < -0.3 is 15.4 Å². The average molecular weight is 427 g/mol. The highest BCUT2D eigenvalue weighted by Gasteiger charge is 2.26. The number of nitrogens with zero attached hydrogens (tertiary/aromatic N) is 2. The van der Waals surface area contributed by atoms with Crippen LogP contribution in [-0.4, -0.2) is 35.7 Å². The molecule has 0 aliphatic heterocycles. The van der Waals surface area contributed by atoms with Gasteiger partial charge in [0.05, 0.1) is 10.6 Å². The summed E-state index contributed by atoms with van der Waals surface area (Å²) < 4.78 is 19.6. The number of anilines is 2. The van der Waals surface area contributed by atoms with Crippen molar-refractivity contribution >= 4 is 29.0 Å². The average Bonchev–Trinajstić information content (AvgIpc) is 2.63. The number of ether oxygens (including phenoxy) is 1. The first kappa shape index (κ1) is 22.6. The van der Waals surface area contributed by atoms with Gasteiger partial charge in [0.1, 0.15) is 11.6 Å². The molecule has 0 aliphatic rings. The van der Waals surface area contributed by atoms with Crippen molar-refractivity contribution in [3.8, 4) is 0 Å². The van der Waals surface area contributed by atoms with Crippen LogP contribution in [0.2, 0.25) is 5.02 Å². The van der Waals surface area contributed by atoms with Crippen molar-refractivity contribution in [2.24, 2.45) is 5.92 Å². The number of hydrogen-bond acceptors (Lipinski definition) is 5. The van der Waals surface area contributed by atoms with E-state index in [1.165, 1.54) is 17.7 Å². The fourth-order valence-corrected chi connectivity index (χ4v) is 3.12. The Bertz CT molecular complexity index is 1000. The minimum absolute atomic E-state index is 0.00546. The van der Waals surface area contributed by atoms with Gasteiger partial charge in [-0.05, 0) is 30.5 Å². The molecule has 1 amide bonds. The number of carbonyl (C=O) groups excluding carboxylic acids is 1. The summed E-state index contributed by atoms with van der Waals surface area (Å²) in [4.78, 5) is 41.3. The Morgan fingerprint density at radius 1 is 1.38 bits per heavy atom. The Morgan fingerprint density at radius 3 is 2.66 bits per heavy atom. The molecule has 2 aromatic rings. The summed E-state index contributed by atoms with van der Waals surface area (Å²) in [6.45, 7) is 4.43. The van der Waals surface area contributed by atoms with E-state index in [1.54, 1.807) is 0 Å². The Kier molecular flexibility index (Phi) is 7.58. The zero-order valence-electron chi connectivity index (χ0n) is 16.5. The summed E-state index contributed by atoms with van der Waals surface area (Å²) in [6.07, 6.45) is 0.392. The fourth-order valence-electron chi connectivity index (χ4n) is 2.87. The van der Waals surface area contributed by atoms with E-state index >= 15 is 0 Å². The number of H-pyrrole nitrogens is 1. The molecule has 0 saturated heterocycles. The first-order valence-electron chi connectivity index (χ1n) is 9.05. The number of halogens is 2. The third kappa shape index (κ3) is 5.24. The minimum Gasteiger partial charge on any atom is -0.385 e. The smallest absolute Gasteiger partial charge is 0.330 e. The van der Waals surface area contributed by atoms with Gasteiger partial charge in [-0.2, -0.15) is 0 Å². The van der Waals surface area contributed by atoms with Crippen LogP contribution in [0.15, 0.2) is 27.8 Å². The quantitative estimate of drug-likeness (QED) is 0.629. The number of nitrogens with one attached hydrogen (secondary N) is 1. The number of benzene rings is 1. The summed E-state index contributed by atoms with van der Waals surface area (Å²) in [5.41, 5.74) is 4.53. The molecule has 0 bridgehead atoms. The van der Waals surface area contributed by atoms with E-state index in [0.717, 1.165) is 17.0 Å². The van der Waals surface area contributed by atoms with Gasteiger partial charge in [0.25, 0.3) is 11.5 Å². The molecule has 1 heterocycles. The summed E-state index contributed by atoms with van der Waals surface area (Å²) in [7, 11) is 1.51. The number of aromatic amines is 1. The number of nitrogens with two attached hydrogens (primary N) is 1. The molecule has 29 heavy (non-hydrogen) atoms. The van der Waals surface area contributed by atoms with E-state index in [2.05, 4.69) is 4.98 Å². The van der Waals surface area contributed by atoms with Crippen LogP contribution >= 0.6 is 11.6 Å². The summed E-state index contributed by atoms with van der Waals surface area (Å²) in [5.74, 6) is -1.30. The number of rotatable bonds is 8. The molecule has 0 fully saturated rings. The topological polar surface area (TPSA) is 110 Å². The van der Waals surface area contributed by atoms with Gasteiger partial charge in [0.2, 0.25) is 0 Å². The maximum atomic E-state index is 13.4. The van der Waals surface area contributed by atoms with Gasteiger partial charge in [-0.3, -0.25) is 19.1 Å². The third-order valence-electron chi connectivity index (χ3n) is 4.17. The van der Waals surface area contributed by atoms with Crippen LogP contribution in [0.25, 0.3) is 0 Å². The number of nitrogen functional groups attached to an aromatic ring is 1. The van der Waals surface area contributed by atoms with Crippen molar-refractivity contribution in [2.75, 3.05) is 30.9 Å². The van der Waals surface area contributed by atoms with Crippen molar-refractivity contribution in [1.29, 1.82) is 0 Å². The van der Waals surface area contributed by atoms with Gasteiger partial charge in [-0.1, -0.05) is 25.4 Å². The van der Waals surface area contributed by atoms with Gasteiger partial charge >= 0.3 is 5.69 Å². The second-order valence-electron chi connectivity index (χ2n) is 6.92. The maximum absolute atomic E-state index is 13.4. The van der Waals surface area contributed by atoms with Crippen LogP contribution in [0.3, 0.4) is 0 Å². The molecular formula is C19H24ClFN4O4. The van der Waals surface area contributed by atoms with Crippen LogP contribution in [0.5, 0.6) is 0 Å². The molecule has 0 radical (unpaired) electrons. The standard InChI is InChI=1S/C19H24ClFN4O4/c1-11(2)10-25-16(22)15(17(26)23-19(25)28)24(7-4-8-29-3)18(27)13-6-5-12(21)9-14(13)20/h5-6,9,11H,4,7-8,10,22H2,1-3H3,(H,23,26,28). The SMILES string of the molecule is COCCCN(C(=O)c1ccc(F)cc1Cl)c1c(N)n(CC(C)C)c(=O)[nH]c1=O. The Balaban J connectivity index is 2.62. The van der Waals surface area contributed by atoms with Crippen molar-refractivity contribution in [1.82, 2.24) is 9.55 Å². The summed E-state index contributed by atoms with van der Waals surface area (Å²) in [5, 5.41) is -0.0998.